The van der Waals surface area contributed by atoms with Crippen LogP contribution in [0, 0.1) is 20.8 Å². The maximum absolute atomic E-state index is 12.5. The van der Waals surface area contributed by atoms with Gasteiger partial charge in [-0.1, -0.05) is 42.5 Å². The quantitative estimate of drug-likeness (QED) is 0.330. The molecule has 1 atom stereocenters. The molecule has 3 heterocycles. The Hall–Kier alpha value is -4.11. The highest BCUT2D eigenvalue weighted by molar-refractivity contribution is 7.15. The zero-order chi connectivity index (χ0) is 26.8. The van der Waals surface area contributed by atoms with Gasteiger partial charge in [-0.3, -0.25) is 19.1 Å². The van der Waals surface area contributed by atoms with Crippen LogP contribution in [0.15, 0.2) is 59.6 Å². The number of thiophene rings is 1. The molecular formula is C29H29N5O3S. The molecular weight excluding hydrogens is 498 g/mol. The lowest BCUT2D eigenvalue weighted by Crippen LogP contribution is -2.13. The van der Waals surface area contributed by atoms with Gasteiger partial charge in [-0.25, -0.2) is 0 Å². The highest BCUT2D eigenvalue weighted by Gasteiger charge is 2.32. The number of fused-ring (bicyclic) bond motifs is 3. The molecule has 2 aromatic carbocycles. The normalized spacial score (nSPS) is 14.2. The Morgan fingerprint density at radius 3 is 2.47 bits per heavy atom. The van der Waals surface area contributed by atoms with Crippen molar-refractivity contribution in [1.29, 1.82) is 0 Å². The molecule has 1 aliphatic rings. The highest BCUT2D eigenvalue weighted by Crippen LogP contribution is 2.39. The van der Waals surface area contributed by atoms with Crippen LogP contribution in [0.3, 0.4) is 0 Å². The maximum atomic E-state index is 12.5. The fourth-order valence-electron chi connectivity index (χ4n) is 4.60. The monoisotopic (exact) mass is 527 g/mol. The Morgan fingerprint density at radius 1 is 1.03 bits per heavy atom. The van der Waals surface area contributed by atoms with Crippen molar-refractivity contribution in [3.05, 3.63) is 93.4 Å². The Labute approximate surface area is 225 Å². The topological polar surface area (TPSA) is 98.5 Å². The second-order valence-corrected chi connectivity index (χ2v) is 10.5. The summed E-state index contributed by atoms with van der Waals surface area (Å²) in [7, 11) is 1.37. The largest absolute Gasteiger partial charge is 0.469 e. The molecule has 1 N–H and O–H groups in total. The third kappa shape index (κ3) is 5.02. The number of nitrogens with zero attached hydrogens (tertiary/aromatic N) is 4. The van der Waals surface area contributed by atoms with Crippen LogP contribution in [0.5, 0.6) is 0 Å². The predicted molar refractivity (Wildman–Crippen MR) is 148 cm³/mol. The minimum absolute atomic E-state index is 0.0356. The SMILES string of the molecule is COC(=O)C[C@@H]1N=C(c2ccc(NC(=O)CCc3ccccc3)cc2)c2c(sc(C)c2C)-n2c(C)nnc21. The van der Waals surface area contributed by atoms with Crippen LogP contribution in [-0.4, -0.2) is 39.5 Å². The summed E-state index contributed by atoms with van der Waals surface area (Å²) < 4.78 is 6.96. The first kappa shape index (κ1) is 25.5. The fraction of sp³-hybridized carbons (Fsp3) is 0.276. The number of amides is 1. The third-order valence-corrected chi connectivity index (χ3v) is 7.95. The van der Waals surface area contributed by atoms with E-state index >= 15 is 0 Å². The number of esters is 1. The number of nitrogens with one attached hydrogen (secondary N) is 1. The minimum atomic E-state index is -0.546. The molecule has 5 rings (SSSR count). The molecule has 0 aliphatic carbocycles. The molecule has 1 amide bonds. The summed E-state index contributed by atoms with van der Waals surface area (Å²) in [6.45, 7) is 6.08. The second-order valence-electron chi connectivity index (χ2n) is 9.29. The van der Waals surface area contributed by atoms with Crippen LogP contribution in [0.25, 0.3) is 5.00 Å². The summed E-state index contributed by atoms with van der Waals surface area (Å²) in [5.41, 5.74) is 5.65. The van der Waals surface area contributed by atoms with Gasteiger partial charge in [0.15, 0.2) is 5.82 Å². The van der Waals surface area contributed by atoms with Crippen LogP contribution in [0.2, 0.25) is 0 Å². The summed E-state index contributed by atoms with van der Waals surface area (Å²) in [6.07, 6.45) is 1.15. The van der Waals surface area contributed by atoms with Gasteiger partial charge < -0.3 is 10.1 Å². The Bertz CT molecular complexity index is 1520. The number of methoxy groups -OCH3 is 1. The van der Waals surface area contributed by atoms with Crippen LogP contribution < -0.4 is 5.32 Å². The van der Waals surface area contributed by atoms with Crippen molar-refractivity contribution in [3.8, 4) is 5.00 Å². The van der Waals surface area contributed by atoms with Crippen LogP contribution in [0.4, 0.5) is 5.69 Å². The van der Waals surface area contributed by atoms with Crippen LogP contribution >= 0.6 is 11.3 Å². The summed E-state index contributed by atoms with van der Waals surface area (Å²) in [5.74, 6) is 0.957. The van der Waals surface area contributed by atoms with Gasteiger partial charge in [0.2, 0.25) is 5.91 Å². The molecule has 9 heteroatoms. The standard InChI is InChI=1S/C29H29N5O3S/c1-17-18(2)38-29-26(17)27(31-23(16-25(36)37-4)28-33-32-19(3)34(28)29)21-11-13-22(14-12-21)30-24(35)15-10-20-8-6-5-7-9-20/h5-9,11-14,23H,10,15-16H2,1-4H3,(H,30,35)/t23-/m0/s1. The zero-order valence-corrected chi connectivity index (χ0v) is 22.6. The van der Waals surface area contributed by atoms with Gasteiger partial charge in [-0.2, -0.15) is 0 Å². The number of aliphatic imine (C=N–C) groups is 1. The van der Waals surface area contributed by atoms with E-state index in [9.17, 15) is 9.59 Å². The second kappa shape index (κ2) is 10.7. The number of hydrogen-bond acceptors (Lipinski definition) is 7. The average molecular weight is 528 g/mol. The van der Waals surface area contributed by atoms with Gasteiger partial charge in [0.25, 0.3) is 0 Å². The molecule has 0 saturated heterocycles. The van der Waals surface area contributed by atoms with E-state index in [1.165, 1.54) is 12.0 Å². The molecule has 0 bridgehead atoms. The molecule has 0 unspecified atom stereocenters. The van der Waals surface area contributed by atoms with E-state index in [0.717, 1.165) is 44.5 Å². The average Bonchev–Trinajstić information content (AvgIpc) is 3.40. The van der Waals surface area contributed by atoms with Crippen molar-refractivity contribution in [3.63, 3.8) is 0 Å². The number of rotatable bonds is 7. The number of ether oxygens (including phenoxy) is 1. The van der Waals surface area contributed by atoms with Crippen LogP contribution in [-0.2, 0) is 20.7 Å². The first-order chi connectivity index (χ1) is 18.4. The van der Waals surface area contributed by atoms with Crippen molar-refractivity contribution in [2.24, 2.45) is 4.99 Å². The number of anilines is 1. The van der Waals surface area contributed by atoms with Gasteiger partial charge in [-0.15, -0.1) is 21.5 Å². The molecule has 194 valence electrons. The van der Waals surface area contributed by atoms with Gasteiger partial charge in [0.05, 0.1) is 19.2 Å². The number of carbonyl (C=O) groups is 2. The molecule has 0 fully saturated rings. The Kier molecular flexibility index (Phi) is 7.20. The van der Waals surface area contributed by atoms with E-state index in [1.807, 2.05) is 66.1 Å². The lowest BCUT2D eigenvalue weighted by Gasteiger charge is -2.12. The van der Waals surface area contributed by atoms with Gasteiger partial charge in [0, 0.05) is 28.1 Å². The lowest BCUT2D eigenvalue weighted by molar-refractivity contribution is -0.141. The molecule has 2 aromatic heterocycles. The Morgan fingerprint density at radius 2 is 1.76 bits per heavy atom. The maximum Gasteiger partial charge on any atom is 0.308 e. The van der Waals surface area contributed by atoms with Crippen molar-refractivity contribution in [2.75, 3.05) is 12.4 Å². The van der Waals surface area contributed by atoms with Gasteiger partial charge >= 0.3 is 5.97 Å². The first-order valence-corrected chi connectivity index (χ1v) is 13.3. The number of carbonyl (C=O) groups excluding carboxylic acids is 2. The van der Waals surface area contributed by atoms with E-state index in [-0.39, 0.29) is 18.3 Å². The van der Waals surface area contributed by atoms with Crippen molar-refractivity contribution in [1.82, 2.24) is 14.8 Å². The third-order valence-electron chi connectivity index (χ3n) is 6.75. The van der Waals surface area contributed by atoms with Gasteiger partial charge in [0.1, 0.15) is 16.9 Å². The number of aromatic nitrogens is 3. The van der Waals surface area contributed by atoms with Gasteiger partial charge in [-0.05, 0) is 50.5 Å². The summed E-state index contributed by atoms with van der Waals surface area (Å²) >= 11 is 1.66. The van der Waals surface area contributed by atoms with Crippen molar-refractivity contribution < 1.29 is 14.3 Å². The molecule has 4 aromatic rings. The van der Waals surface area contributed by atoms with E-state index in [2.05, 4.69) is 29.4 Å². The molecule has 1 aliphatic heterocycles. The first-order valence-electron chi connectivity index (χ1n) is 12.5. The molecule has 38 heavy (non-hydrogen) atoms. The molecule has 0 spiro atoms. The smallest absolute Gasteiger partial charge is 0.308 e. The summed E-state index contributed by atoms with van der Waals surface area (Å²) in [6, 6.07) is 17.1. The van der Waals surface area contributed by atoms with Crippen molar-refractivity contribution in [2.45, 2.75) is 46.1 Å². The summed E-state index contributed by atoms with van der Waals surface area (Å²) in [5, 5.41) is 12.7. The number of hydrogen-bond donors (Lipinski definition) is 1. The molecule has 0 saturated carbocycles. The summed E-state index contributed by atoms with van der Waals surface area (Å²) in [4.78, 5) is 31.1. The Balaban J connectivity index is 1.46. The highest BCUT2D eigenvalue weighted by atomic mass is 32.1. The van der Waals surface area contributed by atoms with E-state index in [0.29, 0.717) is 18.7 Å². The molecule has 0 radical (unpaired) electrons. The predicted octanol–water partition coefficient (Wildman–Crippen LogP) is 5.28. The fourth-order valence-corrected chi connectivity index (χ4v) is 5.82. The number of aryl methyl sites for hydroxylation is 3. The molecule has 8 nitrogen and oxygen atoms in total. The van der Waals surface area contributed by atoms with E-state index in [1.54, 1.807) is 11.3 Å². The zero-order valence-electron chi connectivity index (χ0n) is 21.8. The van der Waals surface area contributed by atoms with Crippen LogP contribution in [0.1, 0.15) is 57.7 Å². The minimum Gasteiger partial charge on any atom is -0.469 e. The lowest BCUT2D eigenvalue weighted by atomic mass is 9.99. The van der Waals surface area contributed by atoms with E-state index in [4.69, 9.17) is 9.73 Å². The van der Waals surface area contributed by atoms with E-state index < -0.39 is 6.04 Å². The van der Waals surface area contributed by atoms with Crippen molar-refractivity contribution >= 4 is 34.6 Å². The number of benzene rings is 2.